The van der Waals surface area contributed by atoms with Crippen molar-refractivity contribution in [3.8, 4) is 5.75 Å². The summed E-state index contributed by atoms with van der Waals surface area (Å²) < 4.78 is 5.01. The maximum Gasteiger partial charge on any atom is 0.341 e. The van der Waals surface area contributed by atoms with Crippen LogP contribution in [0.5, 0.6) is 5.75 Å². The summed E-state index contributed by atoms with van der Waals surface area (Å²) in [6.45, 7) is 3.90. The maximum atomic E-state index is 12.3. The minimum absolute atomic E-state index is 0.0585. The first kappa shape index (κ1) is 20.5. The van der Waals surface area contributed by atoms with Gasteiger partial charge in [0.2, 0.25) is 0 Å². The molecule has 0 aliphatic carbocycles. The van der Waals surface area contributed by atoms with Gasteiger partial charge in [-0.1, -0.05) is 31.3 Å². The van der Waals surface area contributed by atoms with Crippen molar-refractivity contribution in [2.45, 2.75) is 20.3 Å². The maximum absolute atomic E-state index is 12.3. The molecule has 0 atom stereocenters. The molecule has 27 heavy (non-hydrogen) atoms. The first-order valence-corrected chi connectivity index (χ1v) is 9.40. The lowest BCUT2D eigenvalue weighted by molar-refractivity contribution is -0.110. The zero-order chi connectivity index (χ0) is 19.8. The molecule has 0 aliphatic heterocycles. The van der Waals surface area contributed by atoms with E-state index in [1.807, 2.05) is 6.92 Å². The van der Waals surface area contributed by atoms with Crippen LogP contribution < -0.4 is 10.7 Å². The van der Waals surface area contributed by atoms with Crippen molar-refractivity contribution < 1.29 is 19.4 Å². The van der Waals surface area contributed by atoms with Crippen LogP contribution in [-0.2, 0) is 16.0 Å². The summed E-state index contributed by atoms with van der Waals surface area (Å²) in [6, 6.07) is 8.31. The van der Waals surface area contributed by atoms with Gasteiger partial charge >= 0.3 is 5.97 Å². The molecule has 2 aromatic rings. The van der Waals surface area contributed by atoms with Crippen LogP contribution in [0.15, 0.2) is 35.4 Å². The Balaban J connectivity index is 2.04. The number of rotatable bonds is 6. The molecule has 7 nitrogen and oxygen atoms in total. The molecule has 0 aliphatic rings. The lowest BCUT2D eigenvalue weighted by atomic mass is 10.2. The normalized spacial score (nSPS) is 10.6. The van der Waals surface area contributed by atoms with Crippen molar-refractivity contribution in [1.29, 1.82) is 0 Å². The fourth-order valence-corrected chi connectivity index (χ4v) is 3.12. The van der Waals surface area contributed by atoms with Crippen molar-refractivity contribution in [2.24, 2.45) is 5.10 Å². The number of ether oxygens (including phenoxy) is 1. The van der Waals surface area contributed by atoms with E-state index in [1.54, 1.807) is 31.2 Å². The highest BCUT2D eigenvalue weighted by Crippen LogP contribution is 2.29. The second-order valence-electron chi connectivity index (χ2n) is 5.24. The number of nitrogens with one attached hydrogen (secondary N) is 2. The van der Waals surface area contributed by atoms with E-state index in [-0.39, 0.29) is 17.3 Å². The fraction of sp³-hybridized carbons (Fsp3) is 0.222. The molecule has 0 saturated heterocycles. The number of thiocarbonyl (C=S) groups is 1. The molecular formula is C18H19N3O4S2. The first-order valence-electron chi connectivity index (χ1n) is 8.18. The molecule has 0 radical (unpaired) electrons. The number of benzene rings is 1. The SMILES string of the molecule is CCOC(=O)c1cc(CC)sc1NC(=O)C(=S)N/N=C/c1ccccc1O. The van der Waals surface area contributed by atoms with Gasteiger partial charge in [-0.15, -0.1) is 11.3 Å². The van der Waals surface area contributed by atoms with E-state index >= 15 is 0 Å². The summed E-state index contributed by atoms with van der Waals surface area (Å²) in [5.41, 5.74) is 3.21. The van der Waals surface area contributed by atoms with Crippen LogP contribution in [-0.4, -0.2) is 34.8 Å². The Hall–Kier alpha value is -2.78. The second kappa shape index (κ2) is 9.79. The molecule has 3 N–H and O–H groups in total. The van der Waals surface area contributed by atoms with Crippen LogP contribution in [0.25, 0.3) is 0 Å². The Morgan fingerprint density at radius 2 is 2.07 bits per heavy atom. The number of hydrazone groups is 1. The Labute approximate surface area is 166 Å². The third kappa shape index (κ3) is 5.60. The predicted octanol–water partition coefficient (Wildman–Crippen LogP) is 3.08. The third-order valence-corrected chi connectivity index (χ3v) is 4.84. The van der Waals surface area contributed by atoms with Crippen molar-refractivity contribution >= 4 is 51.6 Å². The monoisotopic (exact) mass is 405 g/mol. The summed E-state index contributed by atoms with van der Waals surface area (Å²) in [5, 5.41) is 16.5. The molecule has 0 unspecified atom stereocenters. The summed E-state index contributed by atoms with van der Waals surface area (Å²) in [7, 11) is 0. The van der Waals surface area contributed by atoms with Gasteiger partial charge in [0.15, 0.2) is 4.99 Å². The topological polar surface area (TPSA) is 100 Å². The summed E-state index contributed by atoms with van der Waals surface area (Å²) in [5.74, 6) is -1.04. The van der Waals surface area contributed by atoms with Crippen LogP contribution in [0.1, 0.15) is 34.6 Å². The van der Waals surface area contributed by atoms with Crippen LogP contribution >= 0.6 is 23.6 Å². The van der Waals surface area contributed by atoms with E-state index in [0.717, 1.165) is 11.3 Å². The number of esters is 1. The first-order chi connectivity index (χ1) is 13.0. The molecule has 0 bridgehead atoms. The quantitative estimate of drug-likeness (QED) is 0.296. The van der Waals surface area contributed by atoms with Gasteiger partial charge in [0.25, 0.3) is 5.91 Å². The van der Waals surface area contributed by atoms with Gasteiger partial charge in [-0.05, 0) is 31.5 Å². The molecule has 1 aromatic carbocycles. The van der Waals surface area contributed by atoms with Crippen molar-refractivity contribution in [2.75, 3.05) is 11.9 Å². The van der Waals surface area contributed by atoms with Gasteiger partial charge in [-0.3, -0.25) is 10.2 Å². The Kier molecular flexibility index (Phi) is 7.44. The van der Waals surface area contributed by atoms with Crippen molar-refractivity contribution in [3.05, 3.63) is 46.3 Å². The van der Waals surface area contributed by atoms with E-state index in [1.165, 1.54) is 23.6 Å². The standard InChI is InChI=1S/C18H19N3O4S2/c1-3-12-9-13(18(24)25-4-2)17(27-12)20-15(23)16(26)21-19-10-11-7-5-6-8-14(11)22/h5-10,22H,3-4H2,1-2H3,(H,20,23)(H,21,26)/b19-10+. The molecule has 2 rings (SSSR count). The number of nitrogens with zero attached hydrogens (tertiary/aromatic N) is 1. The zero-order valence-corrected chi connectivity index (χ0v) is 16.4. The molecule has 1 amide bonds. The number of amides is 1. The van der Waals surface area contributed by atoms with Gasteiger partial charge < -0.3 is 15.2 Å². The van der Waals surface area contributed by atoms with Gasteiger partial charge in [-0.2, -0.15) is 5.10 Å². The number of phenols is 1. The van der Waals surface area contributed by atoms with E-state index < -0.39 is 11.9 Å². The highest BCUT2D eigenvalue weighted by molar-refractivity contribution is 7.82. The summed E-state index contributed by atoms with van der Waals surface area (Å²) >= 11 is 6.30. The van der Waals surface area contributed by atoms with E-state index in [0.29, 0.717) is 16.1 Å². The number of hydrogen-bond donors (Lipinski definition) is 3. The lowest BCUT2D eigenvalue weighted by Crippen LogP contribution is -2.31. The molecule has 0 spiro atoms. The van der Waals surface area contributed by atoms with Crippen molar-refractivity contribution in [3.63, 3.8) is 0 Å². The number of thiophene rings is 1. The van der Waals surface area contributed by atoms with E-state index in [9.17, 15) is 14.7 Å². The van der Waals surface area contributed by atoms with E-state index in [2.05, 4.69) is 15.8 Å². The Morgan fingerprint density at radius 1 is 1.33 bits per heavy atom. The van der Waals surface area contributed by atoms with Gasteiger partial charge in [0.05, 0.1) is 18.4 Å². The molecule has 142 valence electrons. The minimum Gasteiger partial charge on any atom is -0.507 e. The summed E-state index contributed by atoms with van der Waals surface area (Å²) in [6.07, 6.45) is 2.07. The van der Waals surface area contributed by atoms with Gasteiger partial charge in [0, 0.05) is 10.4 Å². The Morgan fingerprint density at radius 3 is 2.74 bits per heavy atom. The molecule has 9 heteroatoms. The number of phenolic OH excluding ortho intramolecular Hbond substituents is 1. The molecule has 1 heterocycles. The smallest absolute Gasteiger partial charge is 0.341 e. The number of para-hydroxylation sites is 1. The second-order valence-corrected chi connectivity index (χ2v) is 6.79. The third-order valence-electron chi connectivity index (χ3n) is 3.37. The van der Waals surface area contributed by atoms with Crippen LogP contribution in [0.3, 0.4) is 0 Å². The average Bonchev–Trinajstić information content (AvgIpc) is 3.06. The number of hydrogen-bond acceptors (Lipinski definition) is 7. The molecule has 0 fully saturated rings. The van der Waals surface area contributed by atoms with Gasteiger partial charge in [-0.25, -0.2) is 4.79 Å². The highest BCUT2D eigenvalue weighted by Gasteiger charge is 2.20. The van der Waals surface area contributed by atoms with Gasteiger partial charge in [0.1, 0.15) is 10.8 Å². The number of carbonyl (C=O) groups excluding carboxylic acids is 2. The van der Waals surface area contributed by atoms with Crippen LogP contribution in [0, 0.1) is 0 Å². The fourth-order valence-electron chi connectivity index (χ4n) is 2.04. The number of aryl methyl sites for hydroxylation is 1. The number of carbonyl (C=O) groups is 2. The minimum atomic E-state index is -0.602. The molecule has 1 aromatic heterocycles. The summed E-state index contributed by atoms with van der Waals surface area (Å²) in [4.78, 5) is 25.1. The highest BCUT2D eigenvalue weighted by atomic mass is 32.1. The molecular weight excluding hydrogens is 386 g/mol. The van der Waals surface area contributed by atoms with Crippen molar-refractivity contribution in [1.82, 2.24) is 5.43 Å². The van der Waals surface area contributed by atoms with Crippen LogP contribution in [0.4, 0.5) is 5.00 Å². The predicted molar refractivity (Wildman–Crippen MR) is 110 cm³/mol. The van der Waals surface area contributed by atoms with Crippen LogP contribution in [0.2, 0.25) is 0 Å². The molecule has 0 saturated carbocycles. The largest absolute Gasteiger partial charge is 0.507 e. The number of aromatic hydroxyl groups is 1. The van der Waals surface area contributed by atoms with E-state index in [4.69, 9.17) is 17.0 Å². The zero-order valence-electron chi connectivity index (χ0n) is 14.8. The average molecular weight is 406 g/mol. The lowest BCUT2D eigenvalue weighted by Gasteiger charge is -2.06. The Bertz CT molecular complexity index is 877. The number of anilines is 1.